The van der Waals surface area contributed by atoms with Gasteiger partial charge in [-0.1, -0.05) is 6.07 Å². The van der Waals surface area contributed by atoms with Crippen LogP contribution in [0.3, 0.4) is 0 Å². The molecule has 2 N–H and O–H groups in total. The van der Waals surface area contributed by atoms with Gasteiger partial charge in [0.15, 0.2) is 17.5 Å². The van der Waals surface area contributed by atoms with Crippen LogP contribution in [0.1, 0.15) is 10.5 Å². The first-order valence-corrected chi connectivity index (χ1v) is 5.06. The Bertz CT molecular complexity index is 624. The number of hydrogen-bond acceptors (Lipinski definition) is 3. The number of benzene rings is 1. The van der Waals surface area contributed by atoms with Crippen LogP contribution in [0.4, 0.5) is 13.2 Å². The molecule has 4 nitrogen and oxygen atoms in total. The zero-order valence-corrected chi connectivity index (χ0v) is 9.36. The number of amides is 1. The van der Waals surface area contributed by atoms with Gasteiger partial charge < -0.3 is 10.5 Å². The molecule has 1 heterocycles. The molecule has 2 rings (SSSR count). The molecule has 98 valence electrons. The topological polar surface area (TPSA) is 65.2 Å². The number of nitrogens with zero attached hydrogens (tertiary/aromatic N) is 1. The van der Waals surface area contributed by atoms with E-state index in [1.807, 2.05) is 0 Å². The van der Waals surface area contributed by atoms with Gasteiger partial charge in [-0.3, -0.25) is 4.79 Å². The van der Waals surface area contributed by atoms with E-state index in [4.69, 9.17) is 10.5 Å². The Morgan fingerprint density at radius 3 is 2.37 bits per heavy atom. The molecular weight excluding hydrogens is 261 g/mol. The van der Waals surface area contributed by atoms with Crippen LogP contribution < -0.4 is 10.5 Å². The summed E-state index contributed by atoms with van der Waals surface area (Å²) in [5, 5.41) is 0. The number of carbonyl (C=O) groups is 1. The number of primary amides is 1. The second-order valence-electron chi connectivity index (χ2n) is 3.53. The predicted octanol–water partition coefficient (Wildman–Crippen LogP) is 2.39. The van der Waals surface area contributed by atoms with Crippen molar-refractivity contribution in [3.8, 4) is 11.6 Å². The predicted molar refractivity (Wildman–Crippen MR) is 59.1 cm³/mol. The quantitative estimate of drug-likeness (QED) is 0.869. The van der Waals surface area contributed by atoms with Crippen molar-refractivity contribution in [2.24, 2.45) is 5.73 Å². The summed E-state index contributed by atoms with van der Waals surface area (Å²) in [7, 11) is 0. The fourth-order valence-corrected chi connectivity index (χ4v) is 1.32. The molecule has 0 saturated carbocycles. The van der Waals surface area contributed by atoms with Gasteiger partial charge in [0.2, 0.25) is 5.88 Å². The van der Waals surface area contributed by atoms with Crippen molar-refractivity contribution in [3.63, 3.8) is 0 Å². The number of ether oxygens (including phenoxy) is 1. The van der Waals surface area contributed by atoms with Gasteiger partial charge in [-0.05, 0) is 6.07 Å². The highest BCUT2D eigenvalue weighted by molar-refractivity contribution is 5.90. The average Bonchev–Trinajstić information content (AvgIpc) is 2.36. The maximum Gasteiger partial charge on any atom is 0.267 e. The molecule has 0 saturated heterocycles. The minimum Gasteiger partial charge on any atom is -0.439 e. The molecule has 1 amide bonds. The lowest BCUT2D eigenvalue weighted by molar-refractivity contribution is 0.0995. The first-order valence-electron chi connectivity index (χ1n) is 5.06. The number of halogens is 3. The van der Waals surface area contributed by atoms with Gasteiger partial charge in [-0.25, -0.2) is 18.2 Å². The van der Waals surface area contributed by atoms with Crippen molar-refractivity contribution in [1.29, 1.82) is 0 Å². The van der Waals surface area contributed by atoms with Gasteiger partial charge in [0.1, 0.15) is 11.4 Å². The van der Waals surface area contributed by atoms with Gasteiger partial charge in [0, 0.05) is 18.2 Å². The Hall–Kier alpha value is -2.57. The number of carbonyl (C=O) groups excluding carboxylic acids is 1. The monoisotopic (exact) mass is 268 g/mol. The van der Waals surface area contributed by atoms with Crippen LogP contribution in [0.5, 0.6) is 11.6 Å². The van der Waals surface area contributed by atoms with E-state index < -0.39 is 23.4 Å². The Morgan fingerprint density at radius 1 is 1.16 bits per heavy atom. The van der Waals surface area contributed by atoms with E-state index in [0.29, 0.717) is 12.1 Å². The molecule has 2 aromatic rings. The van der Waals surface area contributed by atoms with Gasteiger partial charge in [-0.15, -0.1) is 0 Å². The van der Waals surface area contributed by atoms with E-state index in [1.54, 1.807) is 0 Å². The number of aromatic nitrogens is 1. The molecule has 7 heteroatoms. The molecular formula is C12H7F3N2O2. The van der Waals surface area contributed by atoms with E-state index in [0.717, 1.165) is 0 Å². The second-order valence-corrected chi connectivity index (χ2v) is 3.53. The van der Waals surface area contributed by atoms with Crippen molar-refractivity contribution < 1.29 is 22.7 Å². The van der Waals surface area contributed by atoms with E-state index >= 15 is 0 Å². The lowest BCUT2D eigenvalue weighted by atomic mass is 10.3. The molecule has 0 radical (unpaired) electrons. The van der Waals surface area contributed by atoms with Gasteiger partial charge in [0.25, 0.3) is 5.91 Å². The largest absolute Gasteiger partial charge is 0.439 e. The summed E-state index contributed by atoms with van der Waals surface area (Å²) < 4.78 is 43.7. The van der Waals surface area contributed by atoms with E-state index in [2.05, 4.69) is 4.98 Å². The Balaban J connectivity index is 2.31. The lowest BCUT2D eigenvalue weighted by Crippen LogP contribution is -2.12. The third-order valence-corrected chi connectivity index (χ3v) is 2.16. The maximum absolute atomic E-state index is 13.0. The summed E-state index contributed by atoms with van der Waals surface area (Å²) in [4.78, 5) is 14.6. The zero-order chi connectivity index (χ0) is 14.0. The molecule has 19 heavy (non-hydrogen) atoms. The van der Waals surface area contributed by atoms with Crippen molar-refractivity contribution in [2.75, 3.05) is 0 Å². The summed E-state index contributed by atoms with van der Waals surface area (Å²) in [5.41, 5.74) is 4.95. The van der Waals surface area contributed by atoms with Gasteiger partial charge >= 0.3 is 0 Å². The van der Waals surface area contributed by atoms with Crippen molar-refractivity contribution in [1.82, 2.24) is 4.98 Å². The highest BCUT2D eigenvalue weighted by atomic mass is 19.2. The molecule has 1 aromatic carbocycles. The van der Waals surface area contributed by atoms with Gasteiger partial charge in [0.05, 0.1) is 0 Å². The maximum atomic E-state index is 13.0. The molecule has 0 aliphatic rings. The fourth-order valence-electron chi connectivity index (χ4n) is 1.32. The standard InChI is InChI=1S/C12H7F3N2O2/c13-7-4-6(5-8(14)11(7)15)19-10-3-1-2-9(17-10)12(16)18/h1-5H,(H2,16,18). The SMILES string of the molecule is NC(=O)c1cccc(Oc2cc(F)c(F)c(F)c2)n1. The number of pyridine rings is 1. The third-order valence-electron chi connectivity index (χ3n) is 2.16. The van der Waals surface area contributed by atoms with Crippen molar-refractivity contribution in [2.45, 2.75) is 0 Å². The first-order chi connectivity index (χ1) is 8.97. The van der Waals surface area contributed by atoms with Gasteiger partial charge in [-0.2, -0.15) is 0 Å². The van der Waals surface area contributed by atoms with Crippen LogP contribution >= 0.6 is 0 Å². The molecule has 0 spiro atoms. The zero-order valence-electron chi connectivity index (χ0n) is 9.36. The number of nitrogens with two attached hydrogens (primary N) is 1. The summed E-state index contributed by atoms with van der Waals surface area (Å²) in [6.45, 7) is 0. The van der Waals surface area contributed by atoms with E-state index in [-0.39, 0.29) is 17.3 Å². The Morgan fingerprint density at radius 2 is 1.79 bits per heavy atom. The Kier molecular flexibility index (Phi) is 3.37. The normalized spacial score (nSPS) is 10.3. The van der Waals surface area contributed by atoms with E-state index in [9.17, 15) is 18.0 Å². The van der Waals surface area contributed by atoms with Crippen molar-refractivity contribution in [3.05, 3.63) is 53.5 Å². The van der Waals surface area contributed by atoms with Crippen LogP contribution in [-0.2, 0) is 0 Å². The first kappa shape index (κ1) is 12.9. The highest BCUT2D eigenvalue weighted by Gasteiger charge is 2.12. The van der Waals surface area contributed by atoms with Crippen LogP contribution in [0.2, 0.25) is 0 Å². The number of rotatable bonds is 3. The molecule has 0 unspecified atom stereocenters. The van der Waals surface area contributed by atoms with Crippen LogP contribution in [-0.4, -0.2) is 10.9 Å². The van der Waals surface area contributed by atoms with Crippen LogP contribution in [0.15, 0.2) is 30.3 Å². The second kappa shape index (κ2) is 4.97. The average molecular weight is 268 g/mol. The van der Waals surface area contributed by atoms with Crippen LogP contribution in [0, 0.1) is 17.5 Å². The third kappa shape index (κ3) is 2.82. The van der Waals surface area contributed by atoms with Crippen LogP contribution in [0.25, 0.3) is 0 Å². The molecule has 1 aromatic heterocycles. The molecule has 0 atom stereocenters. The lowest BCUT2D eigenvalue weighted by Gasteiger charge is -2.06. The minimum absolute atomic E-state index is 0.0689. The molecule has 0 aliphatic heterocycles. The fraction of sp³-hybridized carbons (Fsp3) is 0. The highest BCUT2D eigenvalue weighted by Crippen LogP contribution is 2.23. The van der Waals surface area contributed by atoms with E-state index in [1.165, 1.54) is 18.2 Å². The molecule has 0 fully saturated rings. The number of hydrogen-bond donors (Lipinski definition) is 1. The summed E-state index contributed by atoms with van der Waals surface area (Å²) in [5.74, 6) is -5.53. The summed E-state index contributed by atoms with van der Waals surface area (Å²) in [6.07, 6.45) is 0. The summed E-state index contributed by atoms with van der Waals surface area (Å²) >= 11 is 0. The Labute approximate surface area is 105 Å². The van der Waals surface area contributed by atoms with Crippen molar-refractivity contribution >= 4 is 5.91 Å². The summed E-state index contributed by atoms with van der Waals surface area (Å²) in [6, 6.07) is 5.46. The minimum atomic E-state index is -1.59. The molecule has 0 aliphatic carbocycles. The molecule has 0 bridgehead atoms. The smallest absolute Gasteiger partial charge is 0.267 e.